The molecule has 0 N–H and O–H groups in total. The van der Waals surface area contributed by atoms with Gasteiger partial charge in [0.15, 0.2) is 0 Å². The molecule has 2 aliphatic rings. The van der Waals surface area contributed by atoms with Gasteiger partial charge in [-0.2, -0.15) is 4.80 Å². The quantitative estimate of drug-likeness (QED) is 0.327. The molecule has 0 spiro atoms. The molecule has 2 aliphatic heterocycles. The van der Waals surface area contributed by atoms with E-state index in [0.29, 0.717) is 24.8 Å². The molecule has 6 rings (SSSR count). The maximum Gasteiger partial charge on any atom is 0.266 e. The minimum absolute atomic E-state index is 0. The van der Waals surface area contributed by atoms with Crippen LogP contribution in [0.15, 0.2) is 53.7 Å². The fourth-order valence-corrected chi connectivity index (χ4v) is 5.30. The zero-order valence-electron chi connectivity index (χ0n) is 21.6. The zero-order chi connectivity index (χ0) is 25.4. The average molecular weight is 574 g/mol. The molecular formula is C27H31Cl2FN8O. The van der Waals surface area contributed by atoms with E-state index in [2.05, 4.69) is 48.2 Å². The standard InChI is InChI=1S/C27H29FN8O.2ClH/c1-2-36-31-27(30-32-36)20-3-8-25-23(15-20)24(16-35(25)22-6-4-21(28)5-7-22)19-9-11-33(12-10-19)13-14-34-17-26(37)29-18-34;;/h3-8,15-16,18-19H,2,9-14,17H2,1H3;2*1H. The molecule has 1 saturated heterocycles. The van der Waals surface area contributed by atoms with Crippen LogP contribution < -0.4 is 0 Å². The van der Waals surface area contributed by atoms with Gasteiger partial charge in [-0.05, 0) is 92.0 Å². The van der Waals surface area contributed by atoms with Crippen molar-refractivity contribution in [3.8, 4) is 17.1 Å². The van der Waals surface area contributed by atoms with Crippen LogP contribution in [0.2, 0.25) is 0 Å². The van der Waals surface area contributed by atoms with Crippen molar-refractivity contribution in [3.63, 3.8) is 0 Å². The number of carbonyl (C=O) groups excluding carboxylic acids is 1. The summed E-state index contributed by atoms with van der Waals surface area (Å²) in [6, 6.07) is 12.9. The Labute approximate surface area is 238 Å². The molecule has 2 aromatic carbocycles. The molecule has 0 unspecified atom stereocenters. The van der Waals surface area contributed by atoms with Gasteiger partial charge < -0.3 is 14.4 Å². The van der Waals surface area contributed by atoms with Gasteiger partial charge in [0, 0.05) is 35.9 Å². The number of halogens is 3. The van der Waals surface area contributed by atoms with Crippen molar-refractivity contribution in [2.45, 2.75) is 32.2 Å². The largest absolute Gasteiger partial charge is 0.352 e. The number of piperidine rings is 1. The van der Waals surface area contributed by atoms with Gasteiger partial charge in [-0.3, -0.25) is 4.79 Å². The first kappa shape index (κ1) is 28.7. The molecule has 1 amide bonds. The second-order valence-corrected chi connectivity index (χ2v) is 9.69. The molecule has 9 nitrogen and oxygen atoms in total. The second kappa shape index (κ2) is 12.2. The van der Waals surface area contributed by atoms with Crippen LogP contribution in [-0.4, -0.2) is 79.5 Å². The minimum atomic E-state index is -0.246. The number of nitrogens with zero attached hydrogens (tertiary/aromatic N) is 8. The van der Waals surface area contributed by atoms with Gasteiger partial charge >= 0.3 is 0 Å². The molecule has 39 heavy (non-hydrogen) atoms. The van der Waals surface area contributed by atoms with Crippen molar-refractivity contribution in [2.75, 3.05) is 32.7 Å². The van der Waals surface area contributed by atoms with Crippen LogP contribution in [0.3, 0.4) is 0 Å². The molecule has 0 radical (unpaired) electrons. The van der Waals surface area contributed by atoms with Crippen LogP contribution >= 0.6 is 24.8 Å². The molecule has 4 heterocycles. The lowest BCUT2D eigenvalue weighted by atomic mass is 9.89. The van der Waals surface area contributed by atoms with Gasteiger partial charge in [0.25, 0.3) is 5.91 Å². The molecule has 2 aromatic heterocycles. The summed E-state index contributed by atoms with van der Waals surface area (Å²) in [5, 5.41) is 14.0. The molecule has 206 valence electrons. The third-order valence-corrected chi connectivity index (χ3v) is 7.37. The van der Waals surface area contributed by atoms with Crippen LogP contribution in [-0.2, 0) is 11.3 Å². The third-order valence-electron chi connectivity index (χ3n) is 7.37. The molecule has 4 aromatic rings. The van der Waals surface area contributed by atoms with Crippen LogP contribution in [0.25, 0.3) is 28.0 Å². The summed E-state index contributed by atoms with van der Waals surface area (Å²) in [5.74, 6) is 0.709. The summed E-state index contributed by atoms with van der Waals surface area (Å²) in [7, 11) is 0. The van der Waals surface area contributed by atoms with E-state index in [-0.39, 0.29) is 36.5 Å². The first-order chi connectivity index (χ1) is 18.1. The molecule has 0 saturated carbocycles. The van der Waals surface area contributed by atoms with Gasteiger partial charge in [0.2, 0.25) is 5.82 Å². The number of benzene rings is 2. The van der Waals surface area contributed by atoms with E-state index < -0.39 is 0 Å². The Morgan fingerprint density at radius 1 is 1.03 bits per heavy atom. The summed E-state index contributed by atoms with van der Waals surface area (Å²) in [6.45, 7) is 6.78. The summed E-state index contributed by atoms with van der Waals surface area (Å²) >= 11 is 0. The maximum atomic E-state index is 13.6. The summed E-state index contributed by atoms with van der Waals surface area (Å²) in [4.78, 5) is 21.2. The Kier molecular flexibility index (Phi) is 8.99. The number of hydrogen-bond donors (Lipinski definition) is 0. The van der Waals surface area contributed by atoms with E-state index in [1.807, 2.05) is 30.0 Å². The highest BCUT2D eigenvalue weighted by Crippen LogP contribution is 2.37. The van der Waals surface area contributed by atoms with Crippen molar-refractivity contribution >= 4 is 48.0 Å². The Hall–Kier alpha value is -3.34. The van der Waals surface area contributed by atoms with E-state index in [0.717, 1.165) is 55.8 Å². The summed E-state index contributed by atoms with van der Waals surface area (Å²) < 4.78 is 15.8. The number of aryl methyl sites for hydroxylation is 1. The van der Waals surface area contributed by atoms with Crippen molar-refractivity contribution in [2.24, 2.45) is 4.99 Å². The van der Waals surface area contributed by atoms with Gasteiger partial charge in [-0.15, -0.1) is 35.0 Å². The predicted molar refractivity (Wildman–Crippen MR) is 154 cm³/mol. The molecule has 1 fully saturated rings. The lowest BCUT2D eigenvalue weighted by molar-refractivity contribution is -0.117. The predicted octanol–water partition coefficient (Wildman–Crippen LogP) is 4.34. The average Bonchev–Trinajstić information content (AvgIpc) is 3.66. The minimum Gasteiger partial charge on any atom is -0.352 e. The third kappa shape index (κ3) is 5.98. The lowest BCUT2D eigenvalue weighted by Gasteiger charge is -2.32. The number of aromatic nitrogens is 5. The SMILES string of the molecule is CCn1nnc(-c2ccc3c(c2)c(C2CCN(CCN4C=NC(=O)C4)CC2)cn3-c2ccc(F)cc2)n1.Cl.Cl. The number of tetrazole rings is 1. The first-order valence-electron chi connectivity index (χ1n) is 12.8. The van der Waals surface area contributed by atoms with Gasteiger partial charge in [-0.1, -0.05) is 0 Å². The van der Waals surface area contributed by atoms with Crippen molar-refractivity contribution in [1.82, 2.24) is 34.6 Å². The fraction of sp³-hybridized carbons (Fsp3) is 0.370. The van der Waals surface area contributed by atoms with Gasteiger partial charge in [-0.25, -0.2) is 9.38 Å². The number of amides is 1. The zero-order valence-corrected chi connectivity index (χ0v) is 23.2. The first-order valence-corrected chi connectivity index (χ1v) is 12.8. The molecule has 0 aliphatic carbocycles. The maximum absolute atomic E-state index is 13.6. The number of rotatable bonds is 7. The van der Waals surface area contributed by atoms with Crippen molar-refractivity contribution < 1.29 is 9.18 Å². The molecule has 0 atom stereocenters. The number of fused-ring (bicyclic) bond motifs is 1. The normalized spacial score (nSPS) is 16.1. The molecule has 12 heteroatoms. The Morgan fingerprint density at radius 3 is 2.46 bits per heavy atom. The van der Waals surface area contributed by atoms with E-state index in [9.17, 15) is 9.18 Å². The lowest BCUT2D eigenvalue weighted by Crippen LogP contribution is -2.38. The highest BCUT2D eigenvalue weighted by Gasteiger charge is 2.25. The molecular weight excluding hydrogens is 542 g/mol. The van der Waals surface area contributed by atoms with Crippen LogP contribution in [0.4, 0.5) is 4.39 Å². The van der Waals surface area contributed by atoms with E-state index >= 15 is 0 Å². The highest BCUT2D eigenvalue weighted by molar-refractivity contribution is 5.92. The van der Waals surface area contributed by atoms with Crippen molar-refractivity contribution in [3.05, 3.63) is 60.0 Å². The molecule has 0 bridgehead atoms. The van der Waals surface area contributed by atoms with E-state index in [4.69, 9.17) is 0 Å². The fourth-order valence-electron chi connectivity index (χ4n) is 5.30. The Balaban J connectivity index is 0.00000176. The van der Waals surface area contributed by atoms with Crippen LogP contribution in [0.1, 0.15) is 31.2 Å². The number of carbonyl (C=O) groups is 1. The van der Waals surface area contributed by atoms with Crippen LogP contribution in [0, 0.1) is 5.82 Å². The number of aliphatic imine (C=N–C) groups is 1. The van der Waals surface area contributed by atoms with Gasteiger partial charge in [0.05, 0.1) is 18.4 Å². The van der Waals surface area contributed by atoms with Crippen molar-refractivity contribution in [1.29, 1.82) is 0 Å². The van der Waals surface area contributed by atoms with E-state index in [1.165, 1.54) is 23.1 Å². The number of likely N-dealkylation sites (tertiary alicyclic amines) is 1. The highest BCUT2D eigenvalue weighted by atomic mass is 35.5. The van der Waals surface area contributed by atoms with Crippen LogP contribution in [0.5, 0.6) is 0 Å². The second-order valence-electron chi connectivity index (χ2n) is 9.69. The summed E-state index contributed by atoms with van der Waals surface area (Å²) in [5.41, 5.74) is 4.24. The Morgan fingerprint density at radius 2 is 1.79 bits per heavy atom. The number of hydrogen-bond acceptors (Lipinski definition) is 6. The topological polar surface area (TPSA) is 84.4 Å². The van der Waals surface area contributed by atoms with Gasteiger partial charge in [0.1, 0.15) is 12.4 Å². The smallest absolute Gasteiger partial charge is 0.266 e. The monoisotopic (exact) mass is 572 g/mol. The summed E-state index contributed by atoms with van der Waals surface area (Å²) in [6.07, 6.45) is 5.96. The van der Waals surface area contributed by atoms with E-state index in [1.54, 1.807) is 11.1 Å². The Bertz CT molecular complexity index is 1460.